The molecule has 0 aliphatic rings. The van der Waals surface area contributed by atoms with Gasteiger partial charge in [-0.3, -0.25) is 9.59 Å². The minimum absolute atomic E-state index is 0.174. The molecule has 2 N–H and O–H groups in total. The number of amides is 2. The van der Waals surface area contributed by atoms with Crippen molar-refractivity contribution in [2.75, 3.05) is 17.7 Å². The summed E-state index contributed by atoms with van der Waals surface area (Å²) in [6.07, 6.45) is 0. The molecule has 35 heavy (non-hydrogen) atoms. The molecule has 9 heteroatoms. The maximum Gasteiger partial charge on any atom is 0.255 e. The molecule has 0 fully saturated rings. The number of halogens is 1. The zero-order chi connectivity index (χ0) is 24.8. The third-order valence-electron chi connectivity index (χ3n) is 5.02. The number of nitrogens with one attached hydrogen (secondary N) is 2. The van der Waals surface area contributed by atoms with Gasteiger partial charge in [-0.2, -0.15) is 0 Å². The van der Waals surface area contributed by atoms with Gasteiger partial charge in [-0.25, -0.2) is 9.37 Å². The molecule has 0 bridgehead atoms. The molecule has 3 aromatic carbocycles. The third kappa shape index (κ3) is 6.46. The molecule has 0 aliphatic carbocycles. The number of anilines is 2. The van der Waals surface area contributed by atoms with Crippen LogP contribution in [0.4, 0.5) is 15.2 Å². The number of nitrogens with zero attached hydrogens (tertiary/aromatic N) is 1. The van der Waals surface area contributed by atoms with Crippen molar-refractivity contribution in [2.45, 2.75) is 17.1 Å². The molecule has 0 aliphatic heterocycles. The number of carbonyl (C=O) groups excluding carboxylic acids is 2. The molecule has 2 amide bonds. The SMILES string of the molecule is COc1ccc(C(=O)Nc2ccc(SC(C)C(=O)Nc3nc(-c4ccc(F)cc4)cs3)cc2)cc1. The molecule has 6 nitrogen and oxygen atoms in total. The largest absolute Gasteiger partial charge is 0.497 e. The summed E-state index contributed by atoms with van der Waals surface area (Å²) >= 11 is 2.72. The van der Waals surface area contributed by atoms with Gasteiger partial charge in [0, 0.05) is 27.1 Å². The first kappa shape index (κ1) is 24.4. The van der Waals surface area contributed by atoms with Crippen molar-refractivity contribution in [3.63, 3.8) is 0 Å². The highest BCUT2D eigenvalue weighted by atomic mass is 32.2. The summed E-state index contributed by atoms with van der Waals surface area (Å²) in [7, 11) is 1.57. The molecule has 1 atom stereocenters. The lowest BCUT2D eigenvalue weighted by Crippen LogP contribution is -2.22. The Kier molecular flexibility index (Phi) is 7.79. The summed E-state index contributed by atoms with van der Waals surface area (Å²) in [5.41, 5.74) is 2.64. The number of aromatic nitrogens is 1. The minimum atomic E-state index is -0.368. The van der Waals surface area contributed by atoms with Crippen molar-refractivity contribution >= 4 is 45.7 Å². The number of benzene rings is 3. The van der Waals surface area contributed by atoms with E-state index in [1.165, 1.54) is 35.2 Å². The molecule has 178 valence electrons. The van der Waals surface area contributed by atoms with Gasteiger partial charge in [0.25, 0.3) is 5.91 Å². The Morgan fingerprint density at radius 1 is 0.971 bits per heavy atom. The number of hydrogen-bond donors (Lipinski definition) is 2. The van der Waals surface area contributed by atoms with Gasteiger partial charge in [0.1, 0.15) is 11.6 Å². The predicted molar refractivity (Wildman–Crippen MR) is 139 cm³/mol. The Bertz CT molecular complexity index is 1310. The summed E-state index contributed by atoms with van der Waals surface area (Å²) in [5, 5.41) is 7.63. The molecule has 0 saturated carbocycles. The summed E-state index contributed by atoms with van der Waals surface area (Å²) in [6, 6.07) is 20.2. The van der Waals surface area contributed by atoms with E-state index in [-0.39, 0.29) is 22.9 Å². The molecule has 0 radical (unpaired) electrons. The Hall–Kier alpha value is -3.69. The van der Waals surface area contributed by atoms with Crippen LogP contribution in [0.2, 0.25) is 0 Å². The van der Waals surface area contributed by atoms with Crippen molar-refractivity contribution in [1.82, 2.24) is 4.98 Å². The number of thioether (sulfide) groups is 1. The highest BCUT2D eigenvalue weighted by Gasteiger charge is 2.17. The van der Waals surface area contributed by atoms with Gasteiger partial charge in [0.05, 0.1) is 18.1 Å². The van der Waals surface area contributed by atoms with E-state index in [9.17, 15) is 14.0 Å². The third-order valence-corrected chi connectivity index (χ3v) is 6.89. The molecule has 1 unspecified atom stereocenters. The fourth-order valence-corrected chi connectivity index (χ4v) is 4.70. The maximum absolute atomic E-state index is 13.1. The van der Waals surface area contributed by atoms with E-state index < -0.39 is 0 Å². The van der Waals surface area contributed by atoms with E-state index in [0.29, 0.717) is 27.8 Å². The summed E-state index contributed by atoms with van der Waals surface area (Å²) in [6.45, 7) is 1.81. The second-order valence-corrected chi connectivity index (χ2v) is 9.77. The Morgan fingerprint density at radius 2 is 1.66 bits per heavy atom. The predicted octanol–water partition coefficient (Wildman–Crippen LogP) is 6.33. The fraction of sp³-hybridized carbons (Fsp3) is 0.115. The molecule has 4 rings (SSSR count). The van der Waals surface area contributed by atoms with Crippen LogP contribution in [0.1, 0.15) is 17.3 Å². The van der Waals surface area contributed by atoms with Crippen LogP contribution in [0.5, 0.6) is 5.75 Å². The second-order valence-electron chi connectivity index (χ2n) is 7.50. The number of thiazole rings is 1. The van der Waals surface area contributed by atoms with E-state index in [1.54, 1.807) is 55.6 Å². The van der Waals surface area contributed by atoms with Crippen molar-refractivity contribution in [1.29, 1.82) is 0 Å². The first-order valence-corrected chi connectivity index (χ1v) is 12.4. The van der Waals surface area contributed by atoms with Crippen LogP contribution < -0.4 is 15.4 Å². The molecule has 4 aromatic rings. The van der Waals surface area contributed by atoms with Gasteiger partial charge < -0.3 is 15.4 Å². The van der Waals surface area contributed by atoms with Gasteiger partial charge in [-0.15, -0.1) is 23.1 Å². The van der Waals surface area contributed by atoms with E-state index in [2.05, 4.69) is 15.6 Å². The molecule has 1 heterocycles. The van der Waals surface area contributed by atoms with Crippen LogP contribution in [-0.2, 0) is 4.79 Å². The van der Waals surface area contributed by atoms with Gasteiger partial charge in [0.15, 0.2) is 5.13 Å². The van der Waals surface area contributed by atoms with Crippen molar-refractivity contribution in [3.8, 4) is 17.0 Å². The van der Waals surface area contributed by atoms with Crippen LogP contribution in [0.3, 0.4) is 0 Å². The molecule has 0 saturated heterocycles. The second kappa shape index (κ2) is 11.2. The average molecular weight is 508 g/mol. The molecule has 0 spiro atoms. The van der Waals surface area contributed by atoms with E-state index in [0.717, 1.165) is 10.5 Å². The van der Waals surface area contributed by atoms with E-state index in [1.807, 2.05) is 24.4 Å². The van der Waals surface area contributed by atoms with Crippen LogP contribution >= 0.6 is 23.1 Å². The summed E-state index contributed by atoms with van der Waals surface area (Å²) in [5.74, 6) is -0.0172. The summed E-state index contributed by atoms with van der Waals surface area (Å²) in [4.78, 5) is 30.4. The van der Waals surface area contributed by atoms with Crippen molar-refractivity contribution in [2.24, 2.45) is 0 Å². The van der Waals surface area contributed by atoms with Crippen molar-refractivity contribution < 1.29 is 18.7 Å². The lowest BCUT2D eigenvalue weighted by atomic mass is 10.2. The number of rotatable bonds is 8. The average Bonchev–Trinajstić information content (AvgIpc) is 3.34. The monoisotopic (exact) mass is 507 g/mol. The highest BCUT2D eigenvalue weighted by molar-refractivity contribution is 8.00. The molecule has 1 aromatic heterocycles. The van der Waals surface area contributed by atoms with E-state index >= 15 is 0 Å². The van der Waals surface area contributed by atoms with Gasteiger partial charge in [-0.05, 0) is 79.7 Å². The lowest BCUT2D eigenvalue weighted by Gasteiger charge is -2.11. The van der Waals surface area contributed by atoms with Gasteiger partial charge in [-0.1, -0.05) is 0 Å². The lowest BCUT2D eigenvalue weighted by molar-refractivity contribution is -0.115. The van der Waals surface area contributed by atoms with Crippen molar-refractivity contribution in [3.05, 3.63) is 89.6 Å². The van der Waals surface area contributed by atoms with Crippen LogP contribution in [-0.4, -0.2) is 29.2 Å². The smallest absolute Gasteiger partial charge is 0.255 e. The number of carbonyl (C=O) groups is 2. The number of methoxy groups -OCH3 is 1. The summed E-state index contributed by atoms with van der Waals surface area (Å²) < 4.78 is 18.2. The zero-order valence-electron chi connectivity index (χ0n) is 18.9. The minimum Gasteiger partial charge on any atom is -0.497 e. The van der Waals surface area contributed by atoms with Gasteiger partial charge in [0.2, 0.25) is 5.91 Å². The standard InChI is InChI=1S/C26H22FN3O3S2/c1-16(24(31)30-26-29-23(15-34-26)17-3-7-19(27)8-4-17)35-22-13-9-20(10-14-22)28-25(32)18-5-11-21(33-2)12-6-18/h3-16H,1-2H3,(H,28,32)(H,29,30,31). The van der Waals surface area contributed by atoms with Crippen LogP contribution in [0.25, 0.3) is 11.3 Å². The van der Waals surface area contributed by atoms with E-state index in [4.69, 9.17) is 4.74 Å². The first-order chi connectivity index (χ1) is 16.9. The fourth-order valence-electron chi connectivity index (χ4n) is 3.11. The molecular weight excluding hydrogens is 485 g/mol. The number of ether oxygens (including phenoxy) is 1. The Labute approximate surface area is 210 Å². The Balaban J connectivity index is 1.30. The quantitative estimate of drug-likeness (QED) is 0.273. The van der Waals surface area contributed by atoms with Gasteiger partial charge >= 0.3 is 0 Å². The maximum atomic E-state index is 13.1. The van der Waals surface area contributed by atoms with Crippen LogP contribution in [0.15, 0.2) is 83.1 Å². The number of hydrogen-bond acceptors (Lipinski definition) is 6. The normalized spacial score (nSPS) is 11.5. The zero-order valence-corrected chi connectivity index (χ0v) is 20.6. The topological polar surface area (TPSA) is 80.3 Å². The van der Waals surface area contributed by atoms with Crippen LogP contribution in [0, 0.1) is 5.82 Å². The first-order valence-electron chi connectivity index (χ1n) is 10.7. The molecular formula is C26H22FN3O3S2. The Morgan fingerprint density at radius 3 is 2.31 bits per heavy atom. The highest BCUT2D eigenvalue weighted by Crippen LogP contribution is 2.28.